The first kappa shape index (κ1) is 23.9. The van der Waals surface area contributed by atoms with Crippen LogP contribution in [0.3, 0.4) is 0 Å². The van der Waals surface area contributed by atoms with E-state index in [1.54, 1.807) is 0 Å². The highest BCUT2D eigenvalue weighted by atomic mass is 16.5. The van der Waals surface area contributed by atoms with Gasteiger partial charge in [0.1, 0.15) is 0 Å². The average Bonchev–Trinajstić information content (AvgIpc) is 2.46. The molecule has 2 amide bonds. The van der Waals surface area contributed by atoms with Gasteiger partial charge in [0.15, 0.2) is 0 Å². The summed E-state index contributed by atoms with van der Waals surface area (Å²) in [6.45, 7) is 16.1. The maximum Gasteiger partial charge on any atom is 0.225 e. The summed E-state index contributed by atoms with van der Waals surface area (Å²) in [5.41, 5.74) is -0.758. The second-order valence-electron chi connectivity index (χ2n) is 8.53. The van der Waals surface area contributed by atoms with Crippen molar-refractivity contribution in [2.24, 2.45) is 11.3 Å². The molecule has 0 heterocycles. The molecule has 0 saturated heterocycles. The third kappa shape index (κ3) is 12.0. The van der Waals surface area contributed by atoms with Crippen LogP contribution in [0.25, 0.3) is 0 Å². The second kappa shape index (κ2) is 11.5. The van der Waals surface area contributed by atoms with Crippen LogP contribution in [-0.2, 0) is 14.3 Å². The summed E-state index contributed by atoms with van der Waals surface area (Å²) in [7, 11) is 0. The number of nitrogens with one attached hydrogen (secondary N) is 2. The molecule has 0 unspecified atom stereocenters. The van der Waals surface area contributed by atoms with Crippen LogP contribution in [0.5, 0.6) is 0 Å². The largest absolute Gasteiger partial charge is 0.375 e. The molecule has 0 atom stereocenters. The molecule has 0 radical (unpaired) electrons. The fourth-order valence-corrected chi connectivity index (χ4v) is 2.30. The first-order valence-corrected chi connectivity index (χ1v) is 9.69. The first-order valence-electron chi connectivity index (χ1n) is 9.69. The number of hydrogen-bond acceptors (Lipinski definition) is 3. The summed E-state index contributed by atoms with van der Waals surface area (Å²) < 4.78 is 5.97. The van der Waals surface area contributed by atoms with Gasteiger partial charge in [0, 0.05) is 31.5 Å². The lowest BCUT2D eigenvalue weighted by molar-refractivity contribution is -0.131. The van der Waals surface area contributed by atoms with Gasteiger partial charge < -0.3 is 15.4 Å². The highest BCUT2D eigenvalue weighted by Crippen LogP contribution is 2.23. The van der Waals surface area contributed by atoms with E-state index >= 15 is 0 Å². The summed E-state index contributed by atoms with van der Waals surface area (Å²) >= 11 is 0. The molecule has 0 aromatic rings. The summed E-state index contributed by atoms with van der Waals surface area (Å²) in [5, 5.41) is 5.93. The van der Waals surface area contributed by atoms with Gasteiger partial charge in [-0.05, 0) is 45.4 Å². The number of carbonyl (C=O) groups is 2. The van der Waals surface area contributed by atoms with Crippen LogP contribution < -0.4 is 10.6 Å². The first-order chi connectivity index (χ1) is 11.5. The van der Waals surface area contributed by atoms with Crippen LogP contribution >= 0.6 is 0 Å². The van der Waals surface area contributed by atoms with E-state index in [1.807, 2.05) is 34.6 Å². The molecule has 0 rings (SSSR count). The van der Waals surface area contributed by atoms with Crippen molar-refractivity contribution in [2.45, 2.75) is 86.2 Å². The number of amides is 2. The van der Waals surface area contributed by atoms with Crippen molar-refractivity contribution in [1.29, 1.82) is 0 Å². The Hall–Kier alpha value is -1.10. The van der Waals surface area contributed by atoms with Crippen molar-refractivity contribution in [2.75, 3.05) is 19.7 Å². The molecule has 2 N–H and O–H groups in total. The Kier molecular flexibility index (Phi) is 11.0. The van der Waals surface area contributed by atoms with Gasteiger partial charge in [0.05, 0.1) is 5.60 Å². The Balaban J connectivity index is 4.11. The zero-order chi connectivity index (χ0) is 19.5. The number of hydrogen-bond donors (Lipinski definition) is 2. The standard InChI is InChI=1S/C20H40N2O3/c1-8-9-17(23)21-14-11-20(6,7)25-15-12-19(4,5)18(24)22-13-10-16(2)3/h16H,8-15H2,1-7H3,(H,21,23)(H,22,24). The monoisotopic (exact) mass is 356 g/mol. The minimum Gasteiger partial charge on any atom is -0.375 e. The molecule has 0 spiro atoms. The summed E-state index contributed by atoms with van der Waals surface area (Å²) in [6.07, 6.45) is 3.85. The molecule has 0 aliphatic carbocycles. The lowest BCUT2D eigenvalue weighted by Gasteiger charge is -2.29. The summed E-state index contributed by atoms with van der Waals surface area (Å²) in [6, 6.07) is 0. The van der Waals surface area contributed by atoms with Gasteiger partial charge in [-0.1, -0.05) is 34.6 Å². The number of ether oxygens (including phenoxy) is 1. The molecular weight excluding hydrogens is 316 g/mol. The Bertz CT molecular complexity index is 404. The number of rotatable bonds is 13. The van der Waals surface area contributed by atoms with Crippen LogP contribution in [0.4, 0.5) is 0 Å². The molecule has 5 heteroatoms. The van der Waals surface area contributed by atoms with E-state index in [2.05, 4.69) is 24.5 Å². The Morgan fingerprint density at radius 1 is 1.00 bits per heavy atom. The Morgan fingerprint density at radius 3 is 2.20 bits per heavy atom. The molecule has 0 aromatic carbocycles. The summed E-state index contributed by atoms with van der Waals surface area (Å²) in [5.74, 6) is 0.768. The quantitative estimate of drug-likeness (QED) is 0.529. The van der Waals surface area contributed by atoms with Gasteiger partial charge >= 0.3 is 0 Å². The third-order valence-corrected chi connectivity index (χ3v) is 4.37. The normalized spacial score (nSPS) is 12.3. The van der Waals surface area contributed by atoms with Gasteiger partial charge in [0.25, 0.3) is 0 Å². The second-order valence-corrected chi connectivity index (χ2v) is 8.53. The van der Waals surface area contributed by atoms with Crippen molar-refractivity contribution in [3.63, 3.8) is 0 Å². The van der Waals surface area contributed by atoms with Crippen LogP contribution in [0.2, 0.25) is 0 Å². The van der Waals surface area contributed by atoms with Gasteiger partial charge in [-0.15, -0.1) is 0 Å². The molecular formula is C20H40N2O3. The molecule has 0 saturated carbocycles. The zero-order valence-electron chi connectivity index (χ0n) is 17.5. The SMILES string of the molecule is CCCC(=O)NCCC(C)(C)OCCC(C)(C)C(=O)NCCC(C)C. The smallest absolute Gasteiger partial charge is 0.225 e. The van der Waals surface area contributed by atoms with Crippen molar-refractivity contribution < 1.29 is 14.3 Å². The maximum atomic E-state index is 12.3. The van der Waals surface area contributed by atoms with Crippen molar-refractivity contribution in [3.05, 3.63) is 0 Å². The van der Waals surface area contributed by atoms with E-state index in [0.717, 1.165) is 25.8 Å². The zero-order valence-corrected chi connectivity index (χ0v) is 17.5. The van der Waals surface area contributed by atoms with Crippen molar-refractivity contribution in [3.8, 4) is 0 Å². The van der Waals surface area contributed by atoms with Crippen LogP contribution in [0, 0.1) is 11.3 Å². The molecule has 0 fully saturated rings. The maximum absolute atomic E-state index is 12.3. The predicted molar refractivity (Wildman–Crippen MR) is 103 cm³/mol. The molecule has 25 heavy (non-hydrogen) atoms. The molecule has 0 aliphatic rings. The van der Waals surface area contributed by atoms with Crippen LogP contribution in [-0.4, -0.2) is 37.1 Å². The Labute approximate surface area is 154 Å². The lowest BCUT2D eigenvalue weighted by Crippen LogP contribution is -2.39. The van der Waals surface area contributed by atoms with E-state index in [4.69, 9.17) is 4.74 Å². The minimum absolute atomic E-state index is 0.0846. The van der Waals surface area contributed by atoms with E-state index in [-0.39, 0.29) is 17.4 Å². The van der Waals surface area contributed by atoms with Gasteiger partial charge in [-0.25, -0.2) is 0 Å². The molecule has 5 nitrogen and oxygen atoms in total. The molecule has 148 valence electrons. The molecule has 0 bridgehead atoms. The van der Waals surface area contributed by atoms with Gasteiger partial charge in [-0.2, -0.15) is 0 Å². The van der Waals surface area contributed by atoms with E-state index < -0.39 is 5.41 Å². The van der Waals surface area contributed by atoms with Crippen molar-refractivity contribution >= 4 is 11.8 Å². The van der Waals surface area contributed by atoms with Gasteiger partial charge in [0.2, 0.25) is 11.8 Å². The molecule has 0 aromatic heterocycles. The lowest BCUT2D eigenvalue weighted by atomic mass is 9.88. The Morgan fingerprint density at radius 2 is 1.64 bits per heavy atom. The van der Waals surface area contributed by atoms with E-state index in [9.17, 15) is 9.59 Å². The fraction of sp³-hybridized carbons (Fsp3) is 0.900. The predicted octanol–water partition coefficient (Wildman–Crippen LogP) is 3.67. The highest BCUT2D eigenvalue weighted by Gasteiger charge is 2.28. The third-order valence-electron chi connectivity index (χ3n) is 4.37. The summed E-state index contributed by atoms with van der Waals surface area (Å²) in [4.78, 5) is 23.8. The van der Waals surface area contributed by atoms with E-state index in [0.29, 0.717) is 31.9 Å². The topological polar surface area (TPSA) is 67.4 Å². The van der Waals surface area contributed by atoms with E-state index in [1.165, 1.54) is 0 Å². The van der Waals surface area contributed by atoms with Crippen LogP contribution in [0.15, 0.2) is 0 Å². The number of carbonyl (C=O) groups excluding carboxylic acids is 2. The fourth-order valence-electron chi connectivity index (χ4n) is 2.30. The van der Waals surface area contributed by atoms with Gasteiger partial charge in [-0.3, -0.25) is 9.59 Å². The minimum atomic E-state index is -0.442. The average molecular weight is 357 g/mol. The molecule has 0 aliphatic heterocycles. The highest BCUT2D eigenvalue weighted by molar-refractivity contribution is 5.81. The van der Waals surface area contributed by atoms with Crippen LogP contribution in [0.1, 0.15) is 80.6 Å². The van der Waals surface area contributed by atoms with Crippen molar-refractivity contribution in [1.82, 2.24) is 10.6 Å².